The van der Waals surface area contributed by atoms with E-state index in [-0.39, 0.29) is 5.78 Å². The van der Waals surface area contributed by atoms with Crippen molar-refractivity contribution in [1.82, 2.24) is 0 Å². The maximum atomic E-state index is 11.6. The highest BCUT2D eigenvalue weighted by Gasteiger charge is 2.19. The van der Waals surface area contributed by atoms with Crippen LogP contribution in [0, 0.1) is 0 Å². The van der Waals surface area contributed by atoms with Gasteiger partial charge in [0.25, 0.3) is 0 Å². The van der Waals surface area contributed by atoms with Gasteiger partial charge in [0, 0.05) is 12.0 Å². The molecule has 2 aromatic rings. The molecule has 2 nitrogen and oxygen atoms in total. The highest BCUT2D eigenvalue weighted by molar-refractivity contribution is 6.00. The van der Waals surface area contributed by atoms with Crippen molar-refractivity contribution in [3.05, 3.63) is 53.6 Å². The minimum absolute atomic E-state index is 0.268. The van der Waals surface area contributed by atoms with Gasteiger partial charge in [0.05, 0.1) is 6.61 Å². The van der Waals surface area contributed by atoms with Crippen LogP contribution in [-0.4, -0.2) is 12.4 Å². The maximum Gasteiger partial charge on any atom is 0.163 e. The third-order valence-corrected chi connectivity index (χ3v) is 3.51. The Morgan fingerprint density at radius 1 is 1.05 bits per heavy atom. The zero-order chi connectivity index (χ0) is 13.2. The molecule has 0 aromatic heterocycles. The first-order valence-corrected chi connectivity index (χ1v) is 6.67. The van der Waals surface area contributed by atoms with E-state index in [1.807, 2.05) is 37.3 Å². The van der Waals surface area contributed by atoms with Gasteiger partial charge in [0.1, 0.15) is 5.75 Å². The van der Waals surface area contributed by atoms with Crippen molar-refractivity contribution >= 4 is 5.78 Å². The van der Waals surface area contributed by atoms with Crippen LogP contribution in [0.1, 0.15) is 29.3 Å². The summed E-state index contributed by atoms with van der Waals surface area (Å²) in [4.78, 5) is 11.6. The van der Waals surface area contributed by atoms with Crippen LogP contribution in [0.4, 0.5) is 0 Å². The van der Waals surface area contributed by atoms with Gasteiger partial charge in [-0.05, 0) is 42.2 Å². The molecule has 0 radical (unpaired) electrons. The number of hydrogen-bond donors (Lipinski definition) is 0. The standard InChI is InChI=1S/C17H16O2/c1-2-19-15-5-3-4-12(11-15)13-6-8-16-14(10-13)7-9-17(16)18/h3-6,8,10-11H,2,7,9H2,1H3. The van der Waals surface area contributed by atoms with E-state index in [9.17, 15) is 4.79 Å². The van der Waals surface area contributed by atoms with Gasteiger partial charge in [0.2, 0.25) is 0 Å². The predicted octanol–water partition coefficient (Wildman–Crippen LogP) is 3.88. The monoisotopic (exact) mass is 252 g/mol. The molecular weight excluding hydrogens is 236 g/mol. The van der Waals surface area contributed by atoms with Crippen LogP contribution in [0.5, 0.6) is 5.75 Å². The number of fused-ring (bicyclic) bond motifs is 1. The van der Waals surface area contributed by atoms with Crippen LogP contribution < -0.4 is 4.74 Å². The van der Waals surface area contributed by atoms with Crippen LogP contribution in [0.2, 0.25) is 0 Å². The number of carbonyl (C=O) groups is 1. The fourth-order valence-electron chi connectivity index (χ4n) is 2.57. The zero-order valence-corrected chi connectivity index (χ0v) is 11.0. The summed E-state index contributed by atoms with van der Waals surface area (Å²) >= 11 is 0. The van der Waals surface area contributed by atoms with E-state index >= 15 is 0 Å². The van der Waals surface area contributed by atoms with E-state index in [1.54, 1.807) is 0 Å². The smallest absolute Gasteiger partial charge is 0.163 e. The fourth-order valence-corrected chi connectivity index (χ4v) is 2.57. The number of rotatable bonds is 3. The molecule has 0 amide bonds. The van der Waals surface area contributed by atoms with Crippen molar-refractivity contribution in [2.45, 2.75) is 19.8 Å². The van der Waals surface area contributed by atoms with E-state index in [0.717, 1.165) is 28.9 Å². The molecule has 0 spiro atoms. The number of ketones is 1. The molecule has 0 heterocycles. The Morgan fingerprint density at radius 2 is 1.89 bits per heavy atom. The molecule has 0 saturated carbocycles. The van der Waals surface area contributed by atoms with Crippen molar-refractivity contribution in [1.29, 1.82) is 0 Å². The molecule has 0 N–H and O–H groups in total. The molecule has 1 aliphatic carbocycles. The molecule has 0 bridgehead atoms. The fraction of sp³-hybridized carbons (Fsp3) is 0.235. The summed E-state index contributed by atoms with van der Waals surface area (Å²) in [5, 5.41) is 0. The number of benzene rings is 2. The normalized spacial score (nSPS) is 13.4. The van der Waals surface area contributed by atoms with E-state index in [1.165, 1.54) is 5.56 Å². The molecule has 2 heteroatoms. The lowest BCUT2D eigenvalue weighted by atomic mass is 10.0. The predicted molar refractivity (Wildman–Crippen MR) is 75.7 cm³/mol. The molecule has 0 saturated heterocycles. The topological polar surface area (TPSA) is 26.3 Å². The number of hydrogen-bond acceptors (Lipinski definition) is 2. The van der Waals surface area contributed by atoms with Gasteiger partial charge in [-0.3, -0.25) is 4.79 Å². The number of carbonyl (C=O) groups excluding carboxylic acids is 1. The third kappa shape index (κ3) is 2.26. The number of aryl methyl sites for hydroxylation is 1. The summed E-state index contributed by atoms with van der Waals surface area (Å²) in [7, 11) is 0. The minimum Gasteiger partial charge on any atom is -0.494 e. The summed E-state index contributed by atoms with van der Waals surface area (Å²) < 4.78 is 5.52. The Kier molecular flexibility index (Phi) is 3.08. The van der Waals surface area contributed by atoms with Crippen molar-refractivity contribution in [2.75, 3.05) is 6.61 Å². The molecular formula is C17H16O2. The summed E-state index contributed by atoms with van der Waals surface area (Å²) in [5.74, 6) is 1.15. The zero-order valence-electron chi connectivity index (χ0n) is 11.0. The Balaban J connectivity index is 1.98. The van der Waals surface area contributed by atoms with Crippen LogP contribution in [-0.2, 0) is 6.42 Å². The first kappa shape index (κ1) is 12.0. The first-order chi connectivity index (χ1) is 9.28. The summed E-state index contributed by atoms with van der Waals surface area (Å²) in [6.07, 6.45) is 1.52. The second-order valence-electron chi connectivity index (χ2n) is 4.76. The molecule has 0 atom stereocenters. The van der Waals surface area contributed by atoms with Gasteiger partial charge in [-0.25, -0.2) is 0 Å². The molecule has 1 aliphatic rings. The van der Waals surface area contributed by atoms with Crippen LogP contribution in [0.25, 0.3) is 11.1 Å². The molecule has 96 valence electrons. The average Bonchev–Trinajstić information content (AvgIpc) is 2.81. The second-order valence-corrected chi connectivity index (χ2v) is 4.76. The largest absolute Gasteiger partial charge is 0.494 e. The Labute approximate surface area is 113 Å². The van der Waals surface area contributed by atoms with Gasteiger partial charge in [-0.15, -0.1) is 0 Å². The van der Waals surface area contributed by atoms with E-state index in [4.69, 9.17) is 4.74 Å². The number of Topliss-reactive ketones (excluding diaryl/α,β-unsaturated/α-hetero) is 1. The van der Waals surface area contributed by atoms with E-state index in [0.29, 0.717) is 13.0 Å². The Hall–Kier alpha value is -2.09. The maximum absolute atomic E-state index is 11.6. The summed E-state index contributed by atoms with van der Waals surface area (Å²) in [6.45, 7) is 2.65. The lowest BCUT2D eigenvalue weighted by Gasteiger charge is -2.07. The van der Waals surface area contributed by atoms with E-state index < -0.39 is 0 Å². The van der Waals surface area contributed by atoms with Crippen LogP contribution in [0.15, 0.2) is 42.5 Å². The molecule has 0 unspecified atom stereocenters. The first-order valence-electron chi connectivity index (χ1n) is 6.67. The number of ether oxygens (including phenoxy) is 1. The second kappa shape index (κ2) is 4.88. The Bertz CT molecular complexity index is 629. The lowest BCUT2D eigenvalue weighted by molar-refractivity contribution is 0.0994. The average molecular weight is 252 g/mol. The van der Waals surface area contributed by atoms with Gasteiger partial charge in [-0.1, -0.05) is 30.3 Å². The van der Waals surface area contributed by atoms with E-state index in [2.05, 4.69) is 12.1 Å². The highest BCUT2D eigenvalue weighted by atomic mass is 16.5. The summed E-state index contributed by atoms with van der Waals surface area (Å²) in [6, 6.07) is 14.2. The van der Waals surface area contributed by atoms with Gasteiger partial charge in [-0.2, -0.15) is 0 Å². The quantitative estimate of drug-likeness (QED) is 0.828. The lowest BCUT2D eigenvalue weighted by Crippen LogP contribution is -1.92. The highest BCUT2D eigenvalue weighted by Crippen LogP contribution is 2.29. The van der Waals surface area contributed by atoms with Crippen molar-refractivity contribution < 1.29 is 9.53 Å². The van der Waals surface area contributed by atoms with Crippen LogP contribution >= 0.6 is 0 Å². The van der Waals surface area contributed by atoms with Crippen molar-refractivity contribution in [3.8, 4) is 16.9 Å². The minimum atomic E-state index is 0.268. The van der Waals surface area contributed by atoms with Gasteiger partial charge in [0.15, 0.2) is 5.78 Å². The summed E-state index contributed by atoms with van der Waals surface area (Å²) in [5.41, 5.74) is 4.34. The Morgan fingerprint density at radius 3 is 2.74 bits per heavy atom. The molecule has 0 fully saturated rings. The van der Waals surface area contributed by atoms with Gasteiger partial charge >= 0.3 is 0 Å². The van der Waals surface area contributed by atoms with Crippen LogP contribution in [0.3, 0.4) is 0 Å². The molecule has 2 aromatic carbocycles. The third-order valence-electron chi connectivity index (χ3n) is 3.51. The SMILES string of the molecule is CCOc1cccc(-c2ccc3c(c2)CCC3=O)c1. The molecule has 19 heavy (non-hydrogen) atoms. The van der Waals surface area contributed by atoms with Crippen molar-refractivity contribution in [3.63, 3.8) is 0 Å². The molecule has 3 rings (SSSR count). The molecule has 0 aliphatic heterocycles. The van der Waals surface area contributed by atoms with Crippen molar-refractivity contribution in [2.24, 2.45) is 0 Å². The van der Waals surface area contributed by atoms with Gasteiger partial charge < -0.3 is 4.74 Å².